The summed E-state index contributed by atoms with van der Waals surface area (Å²) >= 11 is 0. The smallest absolute Gasteiger partial charge is 0.343 e. The molecule has 0 saturated heterocycles. The maximum atomic E-state index is 12.2. The number of rotatable bonds is 4. The first-order valence-corrected chi connectivity index (χ1v) is 8.48. The van der Waals surface area contributed by atoms with Crippen molar-refractivity contribution in [3.8, 4) is 5.75 Å². The number of carbonyl (C=O) groups excluding carboxylic acids is 1. The number of nitrogens with zero attached hydrogens (tertiary/aromatic N) is 1. The molecule has 0 aliphatic carbocycles. The second-order valence-corrected chi connectivity index (χ2v) is 7.60. The van der Waals surface area contributed by atoms with E-state index < -0.39 is 16.0 Å². The monoisotopic (exact) mass is 333 g/mol. The maximum Gasteiger partial charge on any atom is 0.343 e. The number of hydrogen-bond acceptors (Lipinski definition) is 4. The lowest BCUT2D eigenvalue weighted by Gasteiger charge is -2.12. The van der Waals surface area contributed by atoms with Crippen molar-refractivity contribution in [3.63, 3.8) is 0 Å². The second kappa shape index (κ2) is 6.52. The minimum Gasteiger partial charge on any atom is -0.423 e. The fourth-order valence-corrected chi connectivity index (χ4v) is 2.89. The lowest BCUT2D eigenvalue weighted by molar-refractivity contribution is 0.0734. The predicted molar refractivity (Wildman–Crippen MR) is 88.2 cm³/mol. The highest BCUT2D eigenvalue weighted by molar-refractivity contribution is 7.89. The van der Waals surface area contributed by atoms with E-state index in [1.807, 2.05) is 19.9 Å². The van der Waals surface area contributed by atoms with Gasteiger partial charge in [0.05, 0.1) is 10.5 Å². The normalized spacial score (nSPS) is 11.5. The minimum absolute atomic E-state index is 0.0528. The molecule has 0 atom stereocenters. The van der Waals surface area contributed by atoms with Gasteiger partial charge in [0.15, 0.2) is 0 Å². The molecule has 5 nitrogen and oxygen atoms in total. The van der Waals surface area contributed by atoms with E-state index in [9.17, 15) is 13.2 Å². The zero-order valence-corrected chi connectivity index (χ0v) is 14.3. The number of carbonyl (C=O) groups is 1. The molecule has 23 heavy (non-hydrogen) atoms. The highest BCUT2D eigenvalue weighted by Crippen LogP contribution is 2.19. The van der Waals surface area contributed by atoms with Crippen LogP contribution in [0.3, 0.4) is 0 Å². The minimum atomic E-state index is -3.59. The quantitative estimate of drug-likeness (QED) is 0.637. The SMILES string of the molecule is Cc1ccc(OC(=O)c2cccc(S(=O)(=O)N(C)C)c2)cc1C. The molecule has 0 aliphatic rings. The summed E-state index contributed by atoms with van der Waals surface area (Å²) in [5.41, 5.74) is 2.30. The Hall–Kier alpha value is -2.18. The van der Waals surface area contributed by atoms with Gasteiger partial charge in [-0.3, -0.25) is 0 Å². The standard InChI is InChI=1S/C17H19NO4S/c1-12-8-9-15(10-13(12)2)22-17(19)14-6-5-7-16(11-14)23(20,21)18(3)4/h5-11H,1-4H3. The summed E-state index contributed by atoms with van der Waals surface area (Å²) in [5.74, 6) is -0.164. The summed E-state index contributed by atoms with van der Waals surface area (Å²) < 4.78 is 30.7. The molecule has 2 aromatic carbocycles. The van der Waals surface area contributed by atoms with Crippen LogP contribution >= 0.6 is 0 Å². The topological polar surface area (TPSA) is 63.7 Å². The van der Waals surface area contributed by atoms with Gasteiger partial charge >= 0.3 is 5.97 Å². The van der Waals surface area contributed by atoms with E-state index in [0.717, 1.165) is 15.4 Å². The van der Waals surface area contributed by atoms with E-state index in [-0.39, 0.29) is 10.5 Å². The lowest BCUT2D eigenvalue weighted by Crippen LogP contribution is -2.22. The number of ether oxygens (including phenoxy) is 1. The molecule has 0 aromatic heterocycles. The number of esters is 1. The van der Waals surface area contributed by atoms with E-state index in [0.29, 0.717) is 5.75 Å². The summed E-state index contributed by atoms with van der Waals surface area (Å²) in [7, 11) is -0.713. The fourth-order valence-electron chi connectivity index (χ4n) is 1.94. The number of aryl methyl sites for hydroxylation is 2. The second-order valence-electron chi connectivity index (χ2n) is 5.45. The van der Waals surface area contributed by atoms with Crippen molar-refractivity contribution in [2.45, 2.75) is 18.7 Å². The van der Waals surface area contributed by atoms with Crippen LogP contribution in [-0.2, 0) is 10.0 Å². The number of sulfonamides is 1. The van der Waals surface area contributed by atoms with E-state index in [4.69, 9.17) is 4.74 Å². The number of benzene rings is 2. The summed E-state index contributed by atoms with van der Waals surface area (Å²) in [6, 6.07) is 11.2. The number of hydrogen-bond donors (Lipinski definition) is 0. The Labute approximate surface area is 136 Å². The Morgan fingerprint density at radius 1 is 1.00 bits per heavy atom. The average Bonchev–Trinajstić information content (AvgIpc) is 2.51. The molecule has 0 bridgehead atoms. The highest BCUT2D eigenvalue weighted by atomic mass is 32.2. The van der Waals surface area contributed by atoms with Crippen LogP contribution in [0.4, 0.5) is 0 Å². The van der Waals surface area contributed by atoms with E-state index in [2.05, 4.69) is 0 Å². The van der Waals surface area contributed by atoms with Gasteiger partial charge in [0.25, 0.3) is 0 Å². The van der Waals surface area contributed by atoms with Gasteiger partial charge in [-0.25, -0.2) is 17.5 Å². The van der Waals surface area contributed by atoms with Gasteiger partial charge in [-0.1, -0.05) is 12.1 Å². The van der Waals surface area contributed by atoms with Gasteiger partial charge in [-0.15, -0.1) is 0 Å². The molecule has 122 valence electrons. The highest BCUT2D eigenvalue weighted by Gasteiger charge is 2.19. The van der Waals surface area contributed by atoms with Crippen LogP contribution in [0.1, 0.15) is 21.5 Å². The molecule has 6 heteroatoms. The van der Waals surface area contributed by atoms with E-state index in [1.54, 1.807) is 12.1 Å². The van der Waals surface area contributed by atoms with Crippen molar-refractivity contribution in [2.24, 2.45) is 0 Å². The van der Waals surface area contributed by atoms with Crippen molar-refractivity contribution in [1.82, 2.24) is 4.31 Å². The molecule has 0 saturated carbocycles. The van der Waals surface area contributed by atoms with Gasteiger partial charge in [-0.05, 0) is 55.3 Å². The molecule has 0 radical (unpaired) electrons. The van der Waals surface area contributed by atoms with Gasteiger partial charge < -0.3 is 4.74 Å². The molecule has 0 unspecified atom stereocenters. The van der Waals surface area contributed by atoms with Crippen molar-refractivity contribution in [2.75, 3.05) is 14.1 Å². The van der Waals surface area contributed by atoms with Crippen LogP contribution in [-0.4, -0.2) is 32.8 Å². The molecule has 0 amide bonds. The first-order chi connectivity index (χ1) is 10.7. The Balaban J connectivity index is 2.28. The van der Waals surface area contributed by atoms with Crippen molar-refractivity contribution in [3.05, 3.63) is 59.2 Å². The molecule has 2 aromatic rings. The Morgan fingerprint density at radius 2 is 1.70 bits per heavy atom. The maximum absolute atomic E-state index is 12.2. The first-order valence-electron chi connectivity index (χ1n) is 7.04. The molecular formula is C17H19NO4S. The van der Waals surface area contributed by atoms with Gasteiger partial charge in [0.1, 0.15) is 5.75 Å². The Morgan fingerprint density at radius 3 is 2.30 bits per heavy atom. The van der Waals surface area contributed by atoms with Crippen LogP contribution in [0.25, 0.3) is 0 Å². The molecule has 0 aliphatic heterocycles. The van der Waals surface area contributed by atoms with Gasteiger partial charge in [-0.2, -0.15) is 0 Å². The summed E-state index contributed by atoms with van der Waals surface area (Å²) in [6.07, 6.45) is 0. The first kappa shape index (κ1) is 17.2. The summed E-state index contributed by atoms with van der Waals surface area (Å²) in [5, 5.41) is 0. The molecule has 0 spiro atoms. The van der Waals surface area contributed by atoms with Crippen molar-refractivity contribution < 1.29 is 17.9 Å². The Bertz CT molecular complexity index is 841. The van der Waals surface area contributed by atoms with Crippen LogP contribution in [0, 0.1) is 13.8 Å². The Kier molecular flexibility index (Phi) is 4.87. The zero-order valence-electron chi connectivity index (χ0n) is 13.5. The molecule has 0 fully saturated rings. The summed E-state index contributed by atoms with van der Waals surface area (Å²) in [4.78, 5) is 12.3. The third-order valence-electron chi connectivity index (χ3n) is 3.54. The van der Waals surface area contributed by atoms with E-state index in [1.165, 1.54) is 38.4 Å². The zero-order chi connectivity index (χ0) is 17.2. The molecule has 2 rings (SSSR count). The van der Waals surface area contributed by atoms with E-state index >= 15 is 0 Å². The molecular weight excluding hydrogens is 314 g/mol. The third-order valence-corrected chi connectivity index (χ3v) is 5.35. The van der Waals surface area contributed by atoms with Crippen LogP contribution < -0.4 is 4.74 Å². The third kappa shape index (κ3) is 3.78. The molecule has 0 N–H and O–H groups in total. The average molecular weight is 333 g/mol. The van der Waals surface area contributed by atoms with Gasteiger partial charge in [0.2, 0.25) is 10.0 Å². The predicted octanol–water partition coefficient (Wildman–Crippen LogP) is 2.77. The largest absolute Gasteiger partial charge is 0.423 e. The molecule has 0 heterocycles. The van der Waals surface area contributed by atoms with Crippen molar-refractivity contribution in [1.29, 1.82) is 0 Å². The summed E-state index contributed by atoms with van der Waals surface area (Å²) in [6.45, 7) is 3.90. The lowest BCUT2D eigenvalue weighted by atomic mass is 10.1. The van der Waals surface area contributed by atoms with Gasteiger partial charge in [0, 0.05) is 14.1 Å². The van der Waals surface area contributed by atoms with Crippen LogP contribution in [0.5, 0.6) is 5.75 Å². The van der Waals surface area contributed by atoms with Crippen molar-refractivity contribution >= 4 is 16.0 Å². The van der Waals surface area contributed by atoms with Crippen LogP contribution in [0.2, 0.25) is 0 Å². The fraction of sp³-hybridized carbons (Fsp3) is 0.235. The van der Waals surface area contributed by atoms with Crippen LogP contribution in [0.15, 0.2) is 47.4 Å².